The summed E-state index contributed by atoms with van der Waals surface area (Å²) in [6.07, 6.45) is 1.41. The lowest BCUT2D eigenvalue weighted by Gasteiger charge is -2.21. The van der Waals surface area contributed by atoms with Gasteiger partial charge in [-0.15, -0.1) is 0 Å². The average Bonchev–Trinajstić information content (AvgIpc) is 2.51. The second kappa shape index (κ2) is 5.12. The Bertz CT molecular complexity index is 328. The molecule has 0 aliphatic heterocycles. The number of hydrogen-bond acceptors (Lipinski definition) is 3. The highest BCUT2D eigenvalue weighted by atomic mass is 16.3. The molecule has 3 heteroatoms. The Morgan fingerprint density at radius 1 is 1.47 bits per heavy atom. The monoisotopic (exact) mass is 209 g/mol. The van der Waals surface area contributed by atoms with Gasteiger partial charge in [-0.25, -0.2) is 0 Å². The first-order chi connectivity index (χ1) is 7.00. The molecule has 1 aromatic rings. The van der Waals surface area contributed by atoms with Crippen LogP contribution in [0, 0.1) is 6.92 Å². The topological polar surface area (TPSA) is 33.5 Å². The zero-order valence-electron chi connectivity index (χ0n) is 9.91. The maximum absolute atomic E-state index is 11.0. The molecular weight excluding hydrogens is 190 g/mol. The van der Waals surface area contributed by atoms with E-state index in [9.17, 15) is 4.79 Å². The number of carbonyl (C=O) groups is 1. The fraction of sp³-hybridized carbons (Fsp3) is 0.583. The third kappa shape index (κ3) is 3.51. The standard InChI is InChI=1S/C12H19NO2/c1-9(14)5-7-11(13(3)4)12-8-6-10(2)15-12/h6,8,11H,5,7H2,1-4H3. The molecule has 0 aliphatic rings. The lowest BCUT2D eigenvalue weighted by Crippen LogP contribution is -2.20. The van der Waals surface area contributed by atoms with Gasteiger partial charge in [0.2, 0.25) is 0 Å². The van der Waals surface area contributed by atoms with Crippen molar-refractivity contribution >= 4 is 5.78 Å². The zero-order valence-corrected chi connectivity index (χ0v) is 9.91. The van der Waals surface area contributed by atoms with Gasteiger partial charge in [0.15, 0.2) is 0 Å². The molecule has 15 heavy (non-hydrogen) atoms. The van der Waals surface area contributed by atoms with Crippen LogP contribution in [0.4, 0.5) is 0 Å². The molecule has 3 nitrogen and oxygen atoms in total. The molecule has 1 unspecified atom stereocenters. The smallest absolute Gasteiger partial charge is 0.129 e. The van der Waals surface area contributed by atoms with Crippen LogP contribution in [0.15, 0.2) is 16.5 Å². The van der Waals surface area contributed by atoms with Crippen LogP contribution in [0.5, 0.6) is 0 Å². The van der Waals surface area contributed by atoms with Gasteiger partial charge in [-0.05, 0) is 46.5 Å². The van der Waals surface area contributed by atoms with Crippen LogP contribution in [0.3, 0.4) is 0 Å². The van der Waals surface area contributed by atoms with Gasteiger partial charge in [0.05, 0.1) is 6.04 Å². The Morgan fingerprint density at radius 2 is 2.13 bits per heavy atom. The molecule has 1 heterocycles. The van der Waals surface area contributed by atoms with Crippen molar-refractivity contribution in [2.24, 2.45) is 0 Å². The maximum Gasteiger partial charge on any atom is 0.129 e. The largest absolute Gasteiger partial charge is 0.465 e. The van der Waals surface area contributed by atoms with Gasteiger partial charge < -0.3 is 9.21 Å². The van der Waals surface area contributed by atoms with E-state index < -0.39 is 0 Å². The number of furan rings is 1. The highest BCUT2D eigenvalue weighted by molar-refractivity contribution is 5.75. The van der Waals surface area contributed by atoms with Gasteiger partial charge in [-0.2, -0.15) is 0 Å². The van der Waals surface area contributed by atoms with E-state index in [1.807, 2.05) is 33.2 Å². The number of Topliss-reactive ketones (excluding diaryl/α,β-unsaturated/α-hetero) is 1. The van der Waals surface area contributed by atoms with Crippen molar-refractivity contribution in [3.05, 3.63) is 23.7 Å². The van der Waals surface area contributed by atoms with E-state index in [0.717, 1.165) is 17.9 Å². The van der Waals surface area contributed by atoms with Crippen LogP contribution < -0.4 is 0 Å². The molecule has 0 saturated carbocycles. The third-order valence-corrected chi connectivity index (χ3v) is 2.48. The van der Waals surface area contributed by atoms with Gasteiger partial charge in [0.1, 0.15) is 17.3 Å². The van der Waals surface area contributed by atoms with Crippen molar-refractivity contribution in [2.75, 3.05) is 14.1 Å². The van der Waals surface area contributed by atoms with Crippen molar-refractivity contribution in [3.8, 4) is 0 Å². The fourth-order valence-electron chi connectivity index (χ4n) is 1.63. The molecule has 0 N–H and O–H groups in total. The lowest BCUT2D eigenvalue weighted by atomic mass is 10.1. The van der Waals surface area contributed by atoms with Crippen LogP contribution >= 0.6 is 0 Å². The van der Waals surface area contributed by atoms with E-state index in [-0.39, 0.29) is 11.8 Å². The zero-order chi connectivity index (χ0) is 11.4. The van der Waals surface area contributed by atoms with E-state index in [1.165, 1.54) is 0 Å². The fourth-order valence-corrected chi connectivity index (χ4v) is 1.63. The van der Waals surface area contributed by atoms with Crippen LogP contribution in [0.25, 0.3) is 0 Å². The number of rotatable bonds is 5. The summed E-state index contributed by atoms with van der Waals surface area (Å²) in [5.74, 6) is 2.09. The minimum Gasteiger partial charge on any atom is -0.465 e. The minimum atomic E-state index is 0.197. The normalized spacial score (nSPS) is 13.1. The Balaban J connectivity index is 2.70. The predicted molar refractivity (Wildman–Crippen MR) is 59.8 cm³/mol. The van der Waals surface area contributed by atoms with Crippen molar-refractivity contribution in [2.45, 2.75) is 32.7 Å². The van der Waals surface area contributed by atoms with Gasteiger partial charge in [-0.3, -0.25) is 4.90 Å². The minimum absolute atomic E-state index is 0.197. The van der Waals surface area contributed by atoms with Crippen molar-refractivity contribution in [1.82, 2.24) is 4.90 Å². The van der Waals surface area contributed by atoms with E-state index in [2.05, 4.69) is 4.90 Å². The Morgan fingerprint density at radius 3 is 2.53 bits per heavy atom. The molecule has 1 atom stereocenters. The molecule has 0 bridgehead atoms. The summed E-state index contributed by atoms with van der Waals surface area (Å²) in [5, 5.41) is 0. The molecule has 0 aliphatic carbocycles. The van der Waals surface area contributed by atoms with E-state index in [4.69, 9.17) is 4.42 Å². The van der Waals surface area contributed by atoms with Crippen LogP contribution in [-0.4, -0.2) is 24.8 Å². The predicted octanol–water partition coefficient (Wildman–Crippen LogP) is 2.56. The molecule has 1 aromatic heterocycles. The van der Waals surface area contributed by atoms with E-state index >= 15 is 0 Å². The summed E-state index contributed by atoms with van der Waals surface area (Å²) in [5.41, 5.74) is 0. The summed E-state index contributed by atoms with van der Waals surface area (Å²) >= 11 is 0. The summed E-state index contributed by atoms with van der Waals surface area (Å²) in [6.45, 7) is 3.56. The first kappa shape index (κ1) is 12.0. The number of nitrogens with zero attached hydrogens (tertiary/aromatic N) is 1. The van der Waals surface area contributed by atoms with Gasteiger partial charge in [-0.1, -0.05) is 0 Å². The Kier molecular flexibility index (Phi) is 4.09. The van der Waals surface area contributed by atoms with E-state index in [1.54, 1.807) is 6.92 Å². The molecule has 0 fully saturated rings. The van der Waals surface area contributed by atoms with Crippen molar-refractivity contribution in [3.63, 3.8) is 0 Å². The first-order valence-electron chi connectivity index (χ1n) is 5.23. The maximum atomic E-state index is 11.0. The number of hydrogen-bond donors (Lipinski definition) is 0. The molecule has 0 aromatic carbocycles. The summed E-state index contributed by atoms with van der Waals surface area (Å²) < 4.78 is 5.59. The Hall–Kier alpha value is -1.09. The highest BCUT2D eigenvalue weighted by Gasteiger charge is 2.17. The van der Waals surface area contributed by atoms with Crippen molar-refractivity contribution < 1.29 is 9.21 Å². The van der Waals surface area contributed by atoms with Crippen LogP contribution in [-0.2, 0) is 4.79 Å². The van der Waals surface area contributed by atoms with Crippen LogP contribution in [0.1, 0.15) is 37.3 Å². The molecule has 0 spiro atoms. The second-order valence-electron chi connectivity index (χ2n) is 4.17. The summed E-state index contributed by atoms with van der Waals surface area (Å²) in [7, 11) is 4.01. The van der Waals surface area contributed by atoms with Gasteiger partial charge in [0, 0.05) is 6.42 Å². The number of ketones is 1. The summed E-state index contributed by atoms with van der Waals surface area (Å²) in [4.78, 5) is 13.0. The molecule has 0 amide bonds. The molecule has 1 rings (SSSR count). The van der Waals surface area contributed by atoms with E-state index in [0.29, 0.717) is 6.42 Å². The molecular formula is C12H19NO2. The van der Waals surface area contributed by atoms with Gasteiger partial charge in [0.25, 0.3) is 0 Å². The molecule has 84 valence electrons. The number of carbonyl (C=O) groups excluding carboxylic acids is 1. The highest BCUT2D eigenvalue weighted by Crippen LogP contribution is 2.25. The number of aryl methyl sites for hydroxylation is 1. The summed E-state index contributed by atoms with van der Waals surface area (Å²) in [6, 6.07) is 4.14. The quantitative estimate of drug-likeness (QED) is 0.747. The molecule has 0 saturated heterocycles. The molecule has 0 radical (unpaired) electrons. The lowest BCUT2D eigenvalue weighted by molar-refractivity contribution is -0.117. The van der Waals surface area contributed by atoms with Crippen molar-refractivity contribution in [1.29, 1.82) is 0 Å². The first-order valence-corrected chi connectivity index (χ1v) is 5.23. The average molecular weight is 209 g/mol. The second-order valence-corrected chi connectivity index (χ2v) is 4.17. The Labute approximate surface area is 91.1 Å². The third-order valence-electron chi connectivity index (χ3n) is 2.48. The SMILES string of the molecule is CC(=O)CCC(c1ccc(C)o1)N(C)C. The van der Waals surface area contributed by atoms with Crippen LogP contribution in [0.2, 0.25) is 0 Å². The van der Waals surface area contributed by atoms with Gasteiger partial charge >= 0.3 is 0 Å².